The Morgan fingerprint density at radius 1 is 0.841 bits per heavy atom. The van der Waals surface area contributed by atoms with Crippen molar-refractivity contribution in [3.05, 3.63) is 77.9 Å². The summed E-state index contributed by atoms with van der Waals surface area (Å²) in [5, 5.41) is 23.8. The third kappa shape index (κ3) is 16.5. The largest absolute Gasteiger partial charge is 0.493 e. The van der Waals surface area contributed by atoms with Gasteiger partial charge in [0.15, 0.2) is 11.6 Å². The zero-order chi connectivity index (χ0) is 60.1. The van der Waals surface area contributed by atoms with Crippen molar-refractivity contribution in [3.8, 4) is 0 Å². The van der Waals surface area contributed by atoms with Crippen molar-refractivity contribution >= 4 is 47.6 Å². The van der Waals surface area contributed by atoms with Gasteiger partial charge in [-0.1, -0.05) is 101 Å². The first-order valence-corrected chi connectivity index (χ1v) is 29.8. The number of allylic oxidation sites excluding steroid dienone is 6. The Balaban J connectivity index is 1.24. The SMILES string of the molecule is CO[C@H]1C[C@@H]2CC[C@@H](C)[C@@](O)(O2)C(=O)C(=O)N2CCCC[C@@]2(C)C(=O)O[C@H]([C@H](C)C[C@@H]2CC[C@@H](OCC(=O)C3(C)COB(c4ccccc4)OC3)[C@H](OC)C2)CC(=O)[C@H](C)/C=C(\C)[C@@H](O)[C@@H](OC)C(=O)[C@H](C)C[C@H](C)/C=C/C=C/C=C/1C. The first-order chi connectivity index (χ1) is 38.9. The first kappa shape index (κ1) is 66.6. The van der Waals surface area contributed by atoms with Crippen molar-refractivity contribution < 1.29 is 76.7 Å². The summed E-state index contributed by atoms with van der Waals surface area (Å²) >= 11 is 0. The predicted molar refractivity (Wildman–Crippen MR) is 310 cm³/mol. The van der Waals surface area contributed by atoms with E-state index in [1.807, 2.05) is 95.3 Å². The number of hydrogen-bond acceptors (Lipinski definition) is 16. The average Bonchev–Trinajstić information content (AvgIpc) is 2.75. The number of aliphatic hydroxyl groups excluding tert-OH is 1. The number of esters is 1. The number of rotatable bonds is 11. The van der Waals surface area contributed by atoms with E-state index >= 15 is 4.79 Å². The smallest absolute Gasteiger partial charge is 0.460 e. The standard InChI is InChI=1S/C64H94BNO16/c1-40-21-15-13-16-22-41(2)52(75-10)35-49-27-25-46(7)64(74,82-49)59(71)60(72)66-30-20-19-29-63(66,9)61(73)81-53(36-50(67)42(3)32-45(6)57(70)58(77-12)56(69)44(5)31-40)43(4)33-47-26-28-51(54(34-47)76-11)78-37-55(68)62(8)38-79-65(80-39-62)48-23-17-14-18-24-48/h13-18,21-24,32,40,42-44,46-47,49,51-54,57-58,70,74H,19-20,25-31,33-39H2,1-12H3/b16-13+,21-15+,41-22+,45-32+/t40-,42-,43-,44-,46-,47+,49+,51-,52+,53+,54-,57-,58+,63+,64-/m1/s1. The van der Waals surface area contributed by atoms with Crippen molar-refractivity contribution in [2.75, 3.05) is 47.7 Å². The lowest BCUT2D eigenvalue weighted by molar-refractivity contribution is -0.266. The maximum absolute atomic E-state index is 15.0. The van der Waals surface area contributed by atoms with Crippen LogP contribution in [-0.4, -0.2) is 159 Å². The molecular formula is C64H94BNO16. The highest BCUT2D eigenvalue weighted by atomic mass is 16.6. The monoisotopic (exact) mass is 1140 g/mol. The molecule has 3 saturated heterocycles. The number of piperidine rings is 1. The van der Waals surface area contributed by atoms with Gasteiger partial charge < -0.3 is 52.8 Å². The topological polar surface area (TPSA) is 220 Å². The number of cyclic esters (lactones) is 1. The second-order valence-corrected chi connectivity index (χ2v) is 24.9. The zero-order valence-corrected chi connectivity index (χ0v) is 50.8. The number of ether oxygens (including phenoxy) is 6. The number of Topliss-reactive ketones (excluding diaryl/α,β-unsaturated/α-hetero) is 4. The number of aliphatic hydroxyl groups is 2. The van der Waals surface area contributed by atoms with Crippen LogP contribution in [0.4, 0.5) is 0 Å². The zero-order valence-electron chi connectivity index (χ0n) is 50.8. The lowest BCUT2D eigenvalue weighted by atomic mass is 9.75. The Morgan fingerprint density at radius 2 is 1.55 bits per heavy atom. The molecule has 0 aromatic heterocycles. The van der Waals surface area contributed by atoms with Crippen molar-refractivity contribution in [3.63, 3.8) is 0 Å². The van der Waals surface area contributed by atoms with E-state index in [-0.39, 0.29) is 80.6 Å². The fraction of sp³-hybridized carbons (Fsp3) is 0.688. The molecule has 1 aliphatic carbocycles. The van der Waals surface area contributed by atoms with Crippen LogP contribution in [0.1, 0.15) is 139 Å². The Labute approximate surface area is 487 Å². The van der Waals surface area contributed by atoms with E-state index in [2.05, 4.69) is 0 Å². The van der Waals surface area contributed by atoms with Gasteiger partial charge in [0.05, 0.1) is 29.8 Å². The van der Waals surface area contributed by atoms with Crippen LogP contribution >= 0.6 is 0 Å². The highest BCUT2D eigenvalue weighted by molar-refractivity contribution is 6.61. The average molecular weight is 1140 g/mol. The molecule has 82 heavy (non-hydrogen) atoms. The van der Waals surface area contributed by atoms with Gasteiger partial charge in [-0.3, -0.25) is 24.0 Å². The molecule has 1 aromatic rings. The lowest BCUT2D eigenvalue weighted by Crippen LogP contribution is -2.64. The van der Waals surface area contributed by atoms with E-state index in [1.165, 1.54) is 12.0 Å². The summed E-state index contributed by atoms with van der Waals surface area (Å²) in [5.74, 6) is -8.58. The molecule has 0 radical (unpaired) electrons. The molecule has 4 heterocycles. The van der Waals surface area contributed by atoms with Gasteiger partial charge in [0, 0.05) is 71.7 Å². The van der Waals surface area contributed by atoms with Gasteiger partial charge in [-0.25, -0.2) is 4.79 Å². The van der Waals surface area contributed by atoms with E-state index in [4.69, 9.17) is 37.7 Å². The molecule has 0 spiro atoms. The van der Waals surface area contributed by atoms with Crippen molar-refractivity contribution in [1.82, 2.24) is 4.90 Å². The van der Waals surface area contributed by atoms with Gasteiger partial charge in [0.2, 0.25) is 5.79 Å². The minimum atomic E-state index is -2.48. The Morgan fingerprint density at radius 3 is 2.22 bits per heavy atom. The number of benzene rings is 1. The van der Waals surface area contributed by atoms with Crippen LogP contribution in [0.5, 0.6) is 0 Å². The van der Waals surface area contributed by atoms with Crippen LogP contribution in [0.2, 0.25) is 0 Å². The van der Waals surface area contributed by atoms with Gasteiger partial charge in [-0.05, 0) is 126 Å². The fourth-order valence-corrected chi connectivity index (χ4v) is 12.5. The number of ketones is 4. The molecule has 0 unspecified atom stereocenters. The van der Waals surface area contributed by atoms with Crippen molar-refractivity contribution in [2.24, 2.45) is 40.9 Å². The molecule has 4 fully saturated rings. The Bertz CT molecular complexity index is 2470. The number of nitrogens with zero attached hydrogens (tertiary/aromatic N) is 1. The predicted octanol–water partition coefficient (Wildman–Crippen LogP) is 7.61. The second kappa shape index (κ2) is 30.0. The van der Waals surface area contributed by atoms with Gasteiger partial charge in [-0.15, -0.1) is 0 Å². The number of carbonyl (C=O) groups excluding carboxylic acids is 6. The van der Waals surface area contributed by atoms with Crippen LogP contribution < -0.4 is 5.46 Å². The molecule has 1 aromatic carbocycles. The second-order valence-electron chi connectivity index (χ2n) is 24.9. The number of hydrogen-bond donors (Lipinski definition) is 2. The normalized spacial score (nSPS) is 37.1. The number of carbonyl (C=O) groups is 6. The third-order valence-electron chi connectivity index (χ3n) is 18.3. The van der Waals surface area contributed by atoms with E-state index in [1.54, 1.807) is 48.0 Å². The molecule has 454 valence electrons. The summed E-state index contributed by atoms with van der Waals surface area (Å²) in [5.41, 5.74) is -0.438. The van der Waals surface area contributed by atoms with E-state index in [0.717, 1.165) is 11.0 Å². The van der Waals surface area contributed by atoms with E-state index < -0.39 is 95.7 Å². The minimum Gasteiger partial charge on any atom is -0.460 e. The summed E-state index contributed by atoms with van der Waals surface area (Å²) in [4.78, 5) is 87.4. The van der Waals surface area contributed by atoms with Crippen LogP contribution in [0, 0.1) is 40.9 Å². The summed E-state index contributed by atoms with van der Waals surface area (Å²) < 4.78 is 48.5. The van der Waals surface area contributed by atoms with Gasteiger partial charge in [0.25, 0.3) is 11.7 Å². The maximum Gasteiger partial charge on any atom is 0.493 e. The Kier molecular flexibility index (Phi) is 24.4. The molecule has 6 rings (SSSR count). The molecule has 1 amide bonds. The Hall–Kier alpha value is -4.50. The summed E-state index contributed by atoms with van der Waals surface area (Å²) in [6.45, 7) is 16.3. The summed E-state index contributed by atoms with van der Waals surface area (Å²) in [6, 6.07) is 9.57. The molecule has 2 N–H and O–H groups in total. The summed E-state index contributed by atoms with van der Waals surface area (Å²) in [7, 11) is 4.01. The van der Waals surface area contributed by atoms with Gasteiger partial charge in [-0.2, -0.15) is 0 Å². The van der Waals surface area contributed by atoms with E-state index in [9.17, 15) is 34.2 Å². The molecule has 1 saturated carbocycles. The molecule has 17 nitrogen and oxygen atoms in total. The third-order valence-corrected chi connectivity index (χ3v) is 18.3. The van der Waals surface area contributed by atoms with E-state index in [0.29, 0.717) is 69.8 Å². The molecular weight excluding hydrogens is 1050 g/mol. The molecule has 5 aliphatic rings. The number of methoxy groups -OCH3 is 3. The molecule has 2 bridgehead atoms. The number of amides is 1. The molecule has 4 aliphatic heterocycles. The van der Waals surface area contributed by atoms with Crippen LogP contribution in [0.25, 0.3) is 0 Å². The minimum absolute atomic E-state index is 0.00294. The fourth-order valence-electron chi connectivity index (χ4n) is 12.5. The lowest BCUT2D eigenvalue weighted by Gasteiger charge is -2.46. The maximum atomic E-state index is 15.0. The highest BCUT2D eigenvalue weighted by Crippen LogP contribution is 2.40. The number of fused-ring (bicyclic) bond motifs is 3. The van der Waals surface area contributed by atoms with Crippen LogP contribution in [-0.2, 0) is 66.5 Å². The van der Waals surface area contributed by atoms with Gasteiger partial charge >= 0.3 is 13.1 Å². The van der Waals surface area contributed by atoms with Crippen molar-refractivity contribution in [1.29, 1.82) is 0 Å². The molecule has 15 atom stereocenters. The van der Waals surface area contributed by atoms with Gasteiger partial charge in [0.1, 0.15) is 36.2 Å². The van der Waals surface area contributed by atoms with Crippen LogP contribution in [0.15, 0.2) is 77.9 Å². The molecule has 18 heteroatoms. The quantitative estimate of drug-likeness (QED) is 0.0942. The van der Waals surface area contributed by atoms with Crippen molar-refractivity contribution in [2.45, 2.75) is 193 Å². The summed E-state index contributed by atoms with van der Waals surface area (Å²) in [6.07, 6.45) is 10.8. The van der Waals surface area contributed by atoms with Crippen LogP contribution in [0.3, 0.4) is 0 Å². The highest BCUT2D eigenvalue weighted by Gasteiger charge is 2.56. The first-order valence-electron chi connectivity index (χ1n) is 29.8.